The van der Waals surface area contributed by atoms with Gasteiger partial charge >= 0.3 is 0 Å². The molecule has 1 spiro atoms. The van der Waals surface area contributed by atoms with Gasteiger partial charge < -0.3 is 14.2 Å². The summed E-state index contributed by atoms with van der Waals surface area (Å²) < 4.78 is 10.9. The Morgan fingerprint density at radius 2 is 1.71 bits per heavy atom. The monoisotopic (exact) mass is 410 g/mol. The average Bonchev–Trinajstić information content (AvgIpc) is 3.25. The lowest BCUT2D eigenvalue weighted by atomic mass is 9.84. The third kappa shape index (κ3) is 3.35. The summed E-state index contributed by atoms with van der Waals surface area (Å²) in [6.45, 7) is 5.25. The van der Waals surface area contributed by atoms with Gasteiger partial charge in [-0.05, 0) is 67.7 Å². The summed E-state index contributed by atoms with van der Waals surface area (Å²) in [6.07, 6.45) is 4.63. The fourth-order valence-electron chi connectivity index (χ4n) is 4.77. The van der Waals surface area contributed by atoms with Gasteiger partial charge in [0.25, 0.3) is 0 Å². The maximum atomic E-state index is 6.29. The van der Waals surface area contributed by atoms with Crippen LogP contribution in [0.5, 0.6) is 0 Å². The van der Waals surface area contributed by atoms with Crippen LogP contribution >= 0.6 is 23.6 Å². The zero-order valence-electron chi connectivity index (χ0n) is 16.1. The molecule has 0 unspecified atom stereocenters. The van der Waals surface area contributed by atoms with Crippen LogP contribution in [0.25, 0.3) is 10.2 Å². The molecule has 0 atom stereocenters. The number of nitrogens with zero attached hydrogens (tertiary/aromatic N) is 2. The van der Waals surface area contributed by atoms with Crippen LogP contribution in [0.4, 0.5) is 0 Å². The Kier molecular flexibility index (Phi) is 5.09. The van der Waals surface area contributed by atoms with Gasteiger partial charge in [-0.3, -0.25) is 0 Å². The van der Waals surface area contributed by atoms with Gasteiger partial charge in [0.05, 0.1) is 22.4 Å². The minimum Gasteiger partial charge on any atom is -0.365 e. The standard InChI is InChI=1S/C23H26N2OS2/c27-22-25(20-9-3-4-10-21(20)28-22)14-6-5-13-24-15-11-23(12-16-24)19-8-2-1-7-18(19)17-26-23/h1-4,7-10H,5-6,11-17H2. The van der Waals surface area contributed by atoms with Gasteiger partial charge in [-0.25, -0.2) is 0 Å². The maximum Gasteiger partial charge on any atom is 0.162 e. The zero-order chi connectivity index (χ0) is 19.0. The van der Waals surface area contributed by atoms with Crippen LogP contribution in [-0.4, -0.2) is 29.1 Å². The lowest BCUT2D eigenvalue weighted by Crippen LogP contribution is -2.42. The molecule has 1 fully saturated rings. The lowest BCUT2D eigenvalue weighted by molar-refractivity contribution is -0.0788. The number of hydrogen-bond donors (Lipinski definition) is 0. The average molecular weight is 411 g/mol. The molecular formula is C23H26N2OS2. The van der Waals surface area contributed by atoms with E-state index in [0.717, 1.165) is 43.0 Å². The largest absolute Gasteiger partial charge is 0.365 e. The lowest BCUT2D eigenvalue weighted by Gasteiger charge is -2.39. The highest BCUT2D eigenvalue weighted by atomic mass is 32.1. The minimum atomic E-state index is -0.0181. The highest BCUT2D eigenvalue weighted by molar-refractivity contribution is 7.73. The summed E-state index contributed by atoms with van der Waals surface area (Å²) in [5.74, 6) is 0. The van der Waals surface area contributed by atoms with E-state index in [2.05, 4.69) is 58.0 Å². The Morgan fingerprint density at radius 3 is 2.61 bits per heavy atom. The van der Waals surface area contributed by atoms with E-state index in [1.165, 1.54) is 40.7 Å². The van der Waals surface area contributed by atoms with Gasteiger partial charge in [0.15, 0.2) is 3.95 Å². The summed E-state index contributed by atoms with van der Waals surface area (Å²) >= 11 is 7.30. The van der Waals surface area contributed by atoms with Gasteiger partial charge in [-0.1, -0.05) is 36.4 Å². The van der Waals surface area contributed by atoms with E-state index in [1.54, 1.807) is 11.3 Å². The van der Waals surface area contributed by atoms with Crippen LogP contribution in [-0.2, 0) is 23.5 Å². The van der Waals surface area contributed by atoms with E-state index in [-0.39, 0.29) is 5.60 Å². The molecule has 0 N–H and O–H groups in total. The van der Waals surface area contributed by atoms with Crippen molar-refractivity contribution >= 4 is 33.8 Å². The Morgan fingerprint density at radius 1 is 0.964 bits per heavy atom. The number of fused-ring (bicyclic) bond motifs is 3. The molecule has 3 heterocycles. The highest BCUT2D eigenvalue weighted by Gasteiger charge is 2.42. The Hall–Kier alpha value is -1.53. The van der Waals surface area contributed by atoms with E-state index in [9.17, 15) is 0 Å². The molecule has 0 aliphatic carbocycles. The molecule has 0 radical (unpaired) electrons. The van der Waals surface area contributed by atoms with Crippen molar-refractivity contribution in [1.29, 1.82) is 0 Å². The molecule has 0 bridgehead atoms. The van der Waals surface area contributed by atoms with Crippen LogP contribution in [0.3, 0.4) is 0 Å². The number of hydrogen-bond acceptors (Lipinski definition) is 4. The number of piperidine rings is 1. The second-order valence-corrected chi connectivity index (χ2v) is 9.65. The van der Waals surface area contributed by atoms with Crippen molar-refractivity contribution in [2.75, 3.05) is 19.6 Å². The van der Waals surface area contributed by atoms with Crippen molar-refractivity contribution in [2.45, 2.75) is 44.4 Å². The Labute approximate surface area is 175 Å². The third-order valence-electron chi connectivity index (χ3n) is 6.36. The smallest absolute Gasteiger partial charge is 0.162 e. The molecule has 2 aromatic carbocycles. The van der Waals surface area contributed by atoms with Gasteiger partial charge in [0, 0.05) is 19.6 Å². The number of para-hydroxylation sites is 1. The summed E-state index contributed by atoms with van der Waals surface area (Å²) in [7, 11) is 0. The highest BCUT2D eigenvalue weighted by Crippen LogP contribution is 2.43. The zero-order valence-corrected chi connectivity index (χ0v) is 17.7. The SMILES string of the molecule is S=c1sc2ccccc2n1CCCCN1CCC2(CC1)OCc1ccccc12. The molecule has 5 heteroatoms. The van der Waals surface area contributed by atoms with Crippen molar-refractivity contribution < 1.29 is 4.74 Å². The van der Waals surface area contributed by atoms with Gasteiger partial charge in [-0.15, -0.1) is 11.3 Å². The summed E-state index contributed by atoms with van der Waals surface area (Å²) in [4.78, 5) is 2.61. The molecule has 2 aliphatic rings. The first-order chi connectivity index (χ1) is 13.8. The van der Waals surface area contributed by atoms with E-state index in [0.29, 0.717) is 0 Å². The molecule has 0 amide bonds. The second kappa shape index (κ2) is 7.71. The first kappa shape index (κ1) is 18.5. The number of aryl methyl sites for hydroxylation is 1. The molecule has 146 valence electrons. The molecule has 2 aliphatic heterocycles. The topological polar surface area (TPSA) is 17.4 Å². The summed E-state index contributed by atoms with van der Waals surface area (Å²) in [5, 5.41) is 0. The van der Waals surface area contributed by atoms with Crippen LogP contribution in [0.1, 0.15) is 36.8 Å². The van der Waals surface area contributed by atoms with E-state index in [1.807, 2.05) is 0 Å². The van der Waals surface area contributed by atoms with Crippen LogP contribution in [0.2, 0.25) is 0 Å². The number of likely N-dealkylation sites (tertiary alicyclic amines) is 1. The minimum absolute atomic E-state index is 0.0181. The molecule has 0 saturated carbocycles. The maximum absolute atomic E-state index is 6.29. The van der Waals surface area contributed by atoms with Gasteiger partial charge in [-0.2, -0.15) is 0 Å². The van der Waals surface area contributed by atoms with E-state index >= 15 is 0 Å². The van der Waals surface area contributed by atoms with Crippen LogP contribution in [0, 0.1) is 3.95 Å². The molecular weight excluding hydrogens is 384 g/mol. The van der Waals surface area contributed by atoms with Gasteiger partial charge in [0.1, 0.15) is 0 Å². The Balaban J connectivity index is 1.13. The molecule has 3 aromatic rings. The number of ether oxygens (including phenoxy) is 1. The second-order valence-electron chi connectivity index (χ2n) is 7.98. The van der Waals surface area contributed by atoms with Crippen molar-refractivity contribution in [2.24, 2.45) is 0 Å². The summed E-state index contributed by atoms with van der Waals surface area (Å²) in [5.41, 5.74) is 4.09. The number of thiazole rings is 1. The first-order valence-electron chi connectivity index (χ1n) is 10.3. The Bertz CT molecular complexity index is 1030. The normalized spacial score (nSPS) is 18.7. The molecule has 3 nitrogen and oxygen atoms in total. The molecule has 1 saturated heterocycles. The number of rotatable bonds is 5. The van der Waals surface area contributed by atoms with Crippen molar-refractivity contribution in [1.82, 2.24) is 9.47 Å². The molecule has 5 rings (SSSR count). The number of aromatic nitrogens is 1. The third-order valence-corrected chi connectivity index (χ3v) is 7.79. The van der Waals surface area contributed by atoms with Gasteiger partial charge in [0.2, 0.25) is 0 Å². The first-order valence-corrected chi connectivity index (χ1v) is 11.5. The molecule has 28 heavy (non-hydrogen) atoms. The summed E-state index contributed by atoms with van der Waals surface area (Å²) in [6, 6.07) is 17.3. The van der Waals surface area contributed by atoms with Crippen LogP contribution < -0.4 is 0 Å². The fraction of sp³-hybridized carbons (Fsp3) is 0.435. The quantitative estimate of drug-likeness (QED) is 0.395. The fourth-order valence-corrected chi connectivity index (χ4v) is 6.14. The van der Waals surface area contributed by atoms with Crippen LogP contribution in [0.15, 0.2) is 48.5 Å². The van der Waals surface area contributed by atoms with E-state index in [4.69, 9.17) is 17.0 Å². The van der Waals surface area contributed by atoms with Crippen molar-refractivity contribution in [3.05, 3.63) is 63.6 Å². The number of unbranched alkanes of at least 4 members (excludes halogenated alkanes) is 1. The van der Waals surface area contributed by atoms with Crippen molar-refractivity contribution in [3.63, 3.8) is 0 Å². The molecule has 1 aromatic heterocycles. The predicted octanol–water partition coefficient (Wildman–Crippen LogP) is 5.73. The van der Waals surface area contributed by atoms with Crippen molar-refractivity contribution in [3.8, 4) is 0 Å². The predicted molar refractivity (Wildman–Crippen MR) is 118 cm³/mol. The number of benzene rings is 2. The van der Waals surface area contributed by atoms with E-state index < -0.39 is 0 Å².